The van der Waals surface area contributed by atoms with E-state index in [0.717, 1.165) is 42.5 Å². The minimum Gasteiger partial charge on any atom is -0.381 e. The first-order chi connectivity index (χ1) is 12.4. The van der Waals surface area contributed by atoms with Crippen LogP contribution in [0.15, 0.2) is 28.0 Å². The zero-order chi connectivity index (χ0) is 18.9. The predicted octanol–water partition coefficient (Wildman–Crippen LogP) is 3.90. The molecule has 4 nitrogen and oxygen atoms in total. The molecule has 1 aromatic carbocycles. The normalized spacial score (nSPS) is 24.2. The number of fused-ring (bicyclic) bond motifs is 1. The van der Waals surface area contributed by atoms with E-state index in [1.807, 2.05) is 25.1 Å². The zero-order valence-electron chi connectivity index (χ0n) is 16.1. The van der Waals surface area contributed by atoms with Crippen LogP contribution in [0.4, 0.5) is 5.69 Å². The second kappa shape index (κ2) is 7.46. The molecule has 0 unspecified atom stereocenters. The molecule has 1 heterocycles. The SMILES string of the molecule is CC#CC1=C(CC)c2cccc(NC3CCC(N(C)C)CC3)c2S1(=O)=O. The van der Waals surface area contributed by atoms with E-state index in [0.29, 0.717) is 23.4 Å². The molecule has 1 aliphatic carbocycles. The fourth-order valence-corrected chi connectivity index (χ4v) is 6.04. The third kappa shape index (κ3) is 3.28. The van der Waals surface area contributed by atoms with Crippen molar-refractivity contribution in [2.24, 2.45) is 0 Å². The molecule has 1 aromatic rings. The third-order valence-corrected chi connectivity index (χ3v) is 7.39. The molecule has 5 heteroatoms. The van der Waals surface area contributed by atoms with Gasteiger partial charge in [-0.3, -0.25) is 0 Å². The minimum atomic E-state index is -3.54. The summed E-state index contributed by atoms with van der Waals surface area (Å²) in [5.74, 6) is 5.61. The van der Waals surface area contributed by atoms with Gasteiger partial charge in [0.2, 0.25) is 9.84 Å². The van der Waals surface area contributed by atoms with Gasteiger partial charge in [-0.15, -0.1) is 5.92 Å². The highest BCUT2D eigenvalue weighted by molar-refractivity contribution is 7.96. The van der Waals surface area contributed by atoms with Crippen LogP contribution in [0.1, 0.15) is 51.5 Å². The predicted molar refractivity (Wildman–Crippen MR) is 108 cm³/mol. The van der Waals surface area contributed by atoms with Crippen molar-refractivity contribution in [1.82, 2.24) is 4.90 Å². The number of anilines is 1. The summed E-state index contributed by atoms with van der Waals surface area (Å²) in [7, 11) is 0.716. The molecule has 140 valence electrons. The molecule has 0 saturated heterocycles. The Kier molecular flexibility index (Phi) is 5.45. The lowest BCUT2D eigenvalue weighted by atomic mass is 9.90. The molecule has 0 spiro atoms. The number of nitrogens with zero attached hydrogens (tertiary/aromatic N) is 1. The summed E-state index contributed by atoms with van der Waals surface area (Å²) >= 11 is 0. The van der Waals surface area contributed by atoms with E-state index in [1.54, 1.807) is 6.92 Å². The van der Waals surface area contributed by atoms with Crippen molar-refractivity contribution in [2.45, 2.75) is 62.9 Å². The Morgan fingerprint density at radius 2 is 1.88 bits per heavy atom. The van der Waals surface area contributed by atoms with Crippen molar-refractivity contribution in [3.05, 3.63) is 28.7 Å². The summed E-state index contributed by atoms with van der Waals surface area (Å²) in [5, 5.41) is 3.53. The summed E-state index contributed by atoms with van der Waals surface area (Å²) in [6.07, 6.45) is 5.05. The van der Waals surface area contributed by atoms with Gasteiger partial charge in [-0.1, -0.05) is 25.0 Å². The molecule has 1 N–H and O–H groups in total. The van der Waals surface area contributed by atoms with E-state index in [2.05, 4.69) is 36.2 Å². The molecule has 2 aliphatic rings. The molecule has 0 atom stereocenters. The van der Waals surface area contributed by atoms with Gasteiger partial charge in [-0.05, 0) is 64.8 Å². The lowest BCUT2D eigenvalue weighted by molar-refractivity contribution is 0.221. The summed E-state index contributed by atoms with van der Waals surface area (Å²) in [5.41, 5.74) is 2.39. The standard InChI is InChI=1S/C21H28N2O2S/c1-5-8-20-17(6-2)18-9-7-10-19(21(18)26(20,24)25)22-15-11-13-16(14-12-15)23(3)4/h7,9-10,15-16,22H,6,11-14H2,1-4H3. The largest absolute Gasteiger partial charge is 0.381 e. The first-order valence-corrected chi connectivity index (χ1v) is 10.9. The second-order valence-corrected chi connectivity index (χ2v) is 9.16. The van der Waals surface area contributed by atoms with Gasteiger partial charge in [0.15, 0.2) is 0 Å². The average molecular weight is 373 g/mol. The summed E-state index contributed by atoms with van der Waals surface area (Å²) in [6, 6.07) is 6.69. The fraction of sp³-hybridized carbons (Fsp3) is 0.524. The molecule has 1 saturated carbocycles. The van der Waals surface area contributed by atoms with Crippen molar-refractivity contribution in [2.75, 3.05) is 19.4 Å². The number of allylic oxidation sites excluding steroid dienone is 2. The summed E-state index contributed by atoms with van der Waals surface area (Å²) in [4.78, 5) is 2.99. The zero-order valence-corrected chi connectivity index (χ0v) is 16.9. The molecule has 3 rings (SSSR count). The maximum absolute atomic E-state index is 13.1. The second-order valence-electron chi connectivity index (χ2n) is 7.34. The first kappa shape index (κ1) is 19.0. The molecule has 1 fully saturated rings. The number of hydrogen-bond acceptors (Lipinski definition) is 4. The smallest absolute Gasteiger partial charge is 0.217 e. The molecule has 0 amide bonds. The summed E-state index contributed by atoms with van der Waals surface area (Å²) < 4.78 is 26.3. The van der Waals surface area contributed by atoms with Gasteiger partial charge in [-0.25, -0.2) is 8.42 Å². The van der Waals surface area contributed by atoms with Gasteiger partial charge in [-0.2, -0.15) is 0 Å². The van der Waals surface area contributed by atoms with Crippen LogP contribution in [-0.2, 0) is 9.84 Å². The van der Waals surface area contributed by atoms with E-state index >= 15 is 0 Å². The van der Waals surface area contributed by atoms with E-state index in [4.69, 9.17) is 0 Å². The molecular formula is C21H28N2O2S. The Morgan fingerprint density at radius 3 is 2.46 bits per heavy atom. The topological polar surface area (TPSA) is 49.4 Å². The highest BCUT2D eigenvalue weighted by Gasteiger charge is 2.36. The van der Waals surface area contributed by atoms with E-state index in [1.165, 1.54) is 0 Å². The van der Waals surface area contributed by atoms with Crippen molar-refractivity contribution in [3.8, 4) is 11.8 Å². The number of rotatable bonds is 4. The maximum Gasteiger partial charge on any atom is 0.217 e. The van der Waals surface area contributed by atoms with Crippen molar-refractivity contribution in [3.63, 3.8) is 0 Å². The quantitative estimate of drug-likeness (QED) is 0.815. The molecule has 1 aliphatic heterocycles. The highest BCUT2D eigenvalue weighted by atomic mass is 32.2. The molecule has 26 heavy (non-hydrogen) atoms. The third-order valence-electron chi connectivity index (χ3n) is 5.53. The first-order valence-electron chi connectivity index (χ1n) is 9.37. The lowest BCUT2D eigenvalue weighted by Crippen LogP contribution is -2.36. The van der Waals surface area contributed by atoms with Crippen molar-refractivity contribution < 1.29 is 8.42 Å². The van der Waals surface area contributed by atoms with Crippen LogP contribution in [0.3, 0.4) is 0 Å². The van der Waals surface area contributed by atoms with Crippen LogP contribution in [0.2, 0.25) is 0 Å². The van der Waals surface area contributed by atoms with E-state index < -0.39 is 9.84 Å². The van der Waals surface area contributed by atoms with Gasteiger partial charge in [0.25, 0.3) is 0 Å². The van der Waals surface area contributed by atoms with Gasteiger partial charge < -0.3 is 10.2 Å². The van der Waals surface area contributed by atoms with Crippen LogP contribution < -0.4 is 5.32 Å². The monoisotopic (exact) mass is 372 g/mol. The van der Waals surface area contributed by atoms with Gasteiger partial charge in [0.1, 0.15) is 9.80 Å². The Morgan fingerprint density at radius 1 is 1.19 bits per heavy atom. The number of nitrogens with one attached hydrogen (secondary N) is 1. The van der Waals surface area contributed by atoms with Gasteiger partial charge in [0.05, 0.1) is 5.69 Å². The Bertz CT molecular complexity index is 880. The van der Waals surface area contributed by atoms with E-state index in [9.17, 15) is 8.42 Å². The molecule has 0 aromatic heterocycles. The number of sulfone groups is 1. The molecule has 0 bridgehead atoms. The summed E-state index contributed by atoms with van der Waals surface area (Å²) in [6.45, 7) is 3.67. The van der Waals surface area contributed by atoms with Crippen molar-refractivity contribution >= 4 is 21.1 Å². The molecule has 0 radical (unpaired) electrons. The molecular weight excluding hydrogens is 344 g/mol. The van der Waals surface area contributed by atoms with Crippen LogP contribution in [-0.4, -0.2) is 39.5 Å². The highest BCUT2D eigenvalue weighted by Crippen LogP contribution is 2.44. The van der Waals surface area contributed by atoms with Crippen molar-refractivity contribution in [1.29, 1.82) is 0 Å². The average Bonchev–Trinajstić information content (AvgIpc) is 2.83. The van der Waals surface area contributed by atoms with Crippen LogP contribution in [0, 0.1) is 11.8 Å². The number of benzene rings is 1. The maximum atomic E-state index is 13.1. The Balaban J connectivity index is 1.91. The van der Waals surface area contributed by atoms with Crippen LogP contribution in [0.25, 0.3) is 5.57 Å². The number of hydrogen-bond donors (Lipinski definition) is 1. The van der Waals surface area contributed by atoms with Gasteiger partial charge >= 0.3 is 0 Å². The Hall–Kier alpha value is -1.77. The minimum absolute atomic E-state index is 0.281. The van der Waals surface area contributed by atoms with Crippen LogP contribution in [0.5, 0.6) is 0 Å². The van der Waals surface area contributed by atoms with Gasteiger partial charge in [0, 0.05) is 17.6 Å². The van der Waals surface area contributed by atoms with E-state index in [-0.39, 0.29) is 4.91 Å². The Labute approximate surface area is 157 Å². The lowest BCUT2D eigenvalue weighted by Gasteiger charge is -2.33. The van der Waals surface area contributed by atoms with Crippen LogP contribution >= 0.6 is 0 Å². The fourth-order valence-electron chi connectivity index (χ4n) is 4.13.